The van der Waals surface area contributed by atoms with Crippen LogP contribution < -0.4 is 0 Å². The summed E-state index contributed by atoms with van der Waals surface area (Å²) in [5.74, 6) is -0.296. The Hall–Kier alpha value is -1.32. The summed E-state index contributed by atoms with van der Waals surface area (Å²) in [4.78, 5) is 11.1. The third kappa shape index (κ3) is 1.41. The molecule has 0 aliphatic heterocycles. The number of hydrogen-bond acceptors (Lipinski definition) is 2. The minimum Gasteiger partial charge on any atom is -0.478 e. The van der Waals surface area contributed by atoms with Gasteiger partial charge >= 0.3 is 5.97 Å². The molecule has 4 heteroatoms. The Morgan fingerprint density at radius 1 is 1.57 bits per heavy atom. The maximum absolute atomic E-state index is 11.1. The van der Waals surface area contributed by atoms with Crippen LogP contribution in [0.15, 0.2) is 0 Å². The van der Waals surface area contributed by atoms with Crippen molar-refractivity contribution in [1.82, 2.24) is 10.2 Å². The third-order valence-electron chi connectivity index (χ3n) is 2.57. The zero-order valence-corrected chi connectivity index (χ0v) is 8.37. The number of carbonyl (C=O) groups is 1. The molecule has 2 N–H and O–H groups in total. The Labute approximate surface area is 82.3 Å². The van der Waals surface area contributed by atoms with Gasteiger partial charge in [-0.3, -0.25) is 5.10 Å². The van der Waals surface area contributed by atoms with Gasteiger partial charge in [-0.05, 0) is 18.8 Å². The lowest BCUT2D eigenvalue weighted by Gasteiger charge is -2.02. The number of carboxylic acids is 1. The molecule has 1 aromatic heterocycles. The third-order valence-corrected chi connectivity index (χ3v) is 2.57. The molecule has 0 unspecified atom stereocenters. The van der Waals surface area contributed by atoms with Crippen LogP contribution in [0, 0.1) is 0 Å². The van der Waals surface area contributed by atoms with E-state index in [2.05, 4.69) is 10.2 Å². The second kappa shape index (κ2) is 3.12. The van der Waals surface area contributed by atoms with Crippen molar-refractivity contribution in [3.05, 3.63) is 17.0 Å². The van der Waals surface area contributed by atoms with Crippen molar-refractivity contribution in [3.8, 4) is 0 Å². The van der Waals surface area contributed by atoms with Crippen LogP contribution in [-0.4, -0.2) is 21.3 Å². The summed E-state index contributed by atoms with van der Waals surface area (Å²) in [5, 5.41) is 16.1. The molecular formula is C10H14N2O2. The van der Waals surface area contributed by atoms with Gasteiger partial charge in [0.25, 0.3) is 0 Å². The zero-order valence-electron chi connectivity index (χ0n) is 8.37. The fourth-order valence-corrected chi connectivity index (χ4v) is 1.68. The molecular weight excluding hydrogens is 180 g/mol. The van der Waals surface area contributed by atoms with Crippen molar-refractivity contribution in [2.24, 2.45) is 0 Å². The number of nitrogens with one attached hydrogen (secondary N) is 1. The molecule has 1 heterocycles. The number of hydrogen-bond donors (Lipinski definition) is 2. The lowest BCUT2D eigenvalue weighted by atomic mass is 10.0. The van der Waals surface area contributed by atoms with Crippen molar-refractivity contribution in [2.45, 2.75) is 38.5 Å². The lowest BCUT2D eigenvalue weighted by Crippen LogP contribution is -2.04. The zero-order chi connectivity index (χ0) is 10.3. The van der Waals surface area contributed by atoms with Crippen LogP contribution in [-0.2, 0) is 0 Å². The molecule has 1 aromatic rings. The van der Waals surface area contributed by atoms with Crippen LogP contribution in [0.1, 0.15) is 60.3 Å². The van der Waals surface area contributed by atoms with E-state index in [-0.39, 0.29) is 5.92 Å². The van der Waals surface area contributed by atoms with Gasteiger partial charge in [0.05, 0.1) is 11.4 Å². The molecule has 0 aromatic carbocycles. The molecule has 76 valence electrons. The Morgan fingerprint density at radius 3 is 2.64 bits per heavy atom. The SMILES string of the molecule is CC(C)c1n[nH]c(C2CC2)c1C(=O)O. The maximum atomic E-state index is 11.1. The molecule has 0 amide bonds. The Bertz CT molecular complexity index is 345. The average molecular weight is 194 g/mol. The lowest BCUT2D eigenvalue weighted by molar-refractivity contribution is 0.0694. The summed E-state index contributed by atoms with van der Waals surface area (Å²) in [6, 6.07) is 0. The number of H-pyrrole nitrogens is 1. The highest BCUT2D eigenvalue weighted by Crippen LogP contribution is 2.41. The number of aromatic nitrogens is 2. The van der Waals surface area contributed by atoms with E-state index in [4.69, 9.17) is 5.11 Å². The highest BCUT2D eigenvalue weighted by Gasteiger charge is 2.32. The summed E-state index contributed by atoms with van der Waals surface area (Å²) in [5.41, 5.74) is 1.91. The average Bonchev–Trinajstić information content (AvgIpc) is 2.83. The molecule has 0 spiro atoms. The fraction of sp³-hybridized carbons (Fsp3) is 0.600. The predicted octanol–water partition coefficient (Wildman–Crippen LogP) is 2.11. The fourth-order valence-electron chi connectivity index (χ4n) is 1.68. The van der Waals surface area contributed by atoms with Gasteiger partial charge in [0.2, 0.25) is 0 Å². The Kier molecular flexibility index (Phi) is 2.06. The monoisotopic (exact) mass is 194 g/mol. The first-order valence-electron chi connectivity index (χ1n) is 4.92. The van der Waals surface area contributed by atoms with Gasteiger partial charge in [-0.2, -0.15) is 5.10 Å². The van der Waals surface area contributed by atoms with Crippen LogP contribution in [0.5, 0.6) is 0 Å². The minimum atomic E-state index is -0.857. The van der Waals surface area contributed by atoms with Crippen LogP contribution in [0.3, 0.4) is 0 Å². The number of aromatic amines is 1. The van der Waals surface area contributed by atoms with Crippen molar-refractivity contribution < 1.29 is 9.90 Å². The van der Waals surface area contributed by atoms with Crippen LogP contribution in [0.25, 0.3) is 0 Å². The van der Waals surface area contributed by atoms with E-state index >= 15 is 0 Å². The van der Waals surface area contributed by atoms with Crippen LogP contribution in [0.4, 0.5) is 0 Å². The summed E-state index contributed by atoms with van der Waals surface area (Å²) >= 11 is 0. The Morgan fingerprint density at radius 2 is 2.21 bits per heavy atom. The van der Waals surface area contributed by atoms with E-state index in [0.29, 0.717) is 17.2 Å². The molecule has 4 nitrogen and oxygen atoms in total. The molecule has 1 fully saturated rings. The smallest absolute Gasteiger partial charge is 0.339 e. The molecule has 14 heavy (non-hydrogen) atoms. The van der Waals surface area contributed by atoms with Crippen LogP contribution >= 0.6 is 0 Å². The van der Waals surface area contributed by atoms with E-state index in [9.17, 15) is 4.79 Å². The van der Waals surface area contributed by atoms with Gasteiger partial charge < -0.3 is 5.11 Å². The summed E-state index contributed by atoms with van der Waals surface area (Å²) in [7, 11) is 0. The van der Waals surface area contributed by atoms with E-state index in [1.165, 1.54) is 0 Å². The first kappa shape index (κ1) is 9.24. The molecule has 0 saturated heterocycles. The molecule has 0 radical (unpaired) electrons. The number of rotatable bonds is 3. The van der Waals surface area contributed by atoms with E-state index < -0.39 is 5.97 Å². The minimum absolute atomic E-state index is 0.157. The first-order valence-corrected chi connectivity index (χ1v) is 4.92. The molecule has 1 saturated carbocycles. The molecule has 0 atom stereocenters. The first-order chi connectivity index (χ1) is 6.61. The second-order valence-electron chi connectivity index (χ2n) is 4.13. The van der Waals surface area contributed by atoms with Gasteiger partial charge in [0.15, 0.2) is 0 Å². The number of nitrogens with zero attached hydrogens (tertiary/aromatic N) is 1. The van der Waals surface area contributed by atoms with Crippen molar-refractivity contribution in [3.63, 3.8) is 0 Å². The topological polar surface area (TPSA) is 66.0 Å². The number of aromatic carboxylic acids is 1. The van der Waals surface area contributed by atoms with E-state index in [1.807, 2.05) is 13.8 Å². The summed E-state index contributed by atoms with van der Waals surface area (Å²) in [6.45, 7) is 3.92. The number of carboxylic acid groups (broad SMARTS) is 1. The highest BCUT2D eigenvalue weighted by atomic mass is 16.4. The van der Waals surface area contributed by atoms with Gasteiger partial charge in [-0.1, -0.05) is 13.8 Å². The molecule has 0 bridgehead atoms. The summed E-state index contributed by atoms with van der Waals surface area (Å²) < 4.78 is 0. The maximum Gasteiger partial charge on any atom is 0.339 e. The van der Waals surface area contributed by atoms with Gasteiger partial charge in [-0.15, -0.1) is 0 Å². The largest absolute Gasteiger partial charge is 0.478 e. The van der Waals surface area contributed by atoms with Gasteiger partial charge in [-0.25, -0.2) is 4.79 Å². The molecule has 2 rings (SSSR count). The standard InChI is InChI=1S/C10H14N2O2/c1-5(2)8-7(10(13)14)9(12-11-8)6-3-4-6/h5-6H,3-4H2,1-2H3,(H,11,12)(H,13,14). The predicted molar refractivity (Wildman–Crippen MR) is 51.6 cm³/mol. The van der Waals surface area contributed by atoms with Crippen LogP contribution in [0.2, 0.25) is 0 Å². The normalized spacial score (nSPS) is 16.2. The van der Waals surface area contributed by atoms with Gasteiger partial charge in [0, 0.05) is 5.92 Å². The van der Waals surface area contributed by atoms with E-state index in [0.717, 1.165) is 18.5 Å². The van der Waals surface area contributed by atoms with Crippen molar-refractivity contribution in [2.75, 3.05) is 0 Å². The van der Waals surface area contributed by atoms with Gasteiger partial charge in [0.1, 0.15) is 5.56 Å². The summed E-state index contributed by atoms with van der Waals surface area (Å²) in [6.07, 6.45) is 2.17. The Balaban J connectivity index is 2.46. The molecule has 1 aliphatic carbocycles. The van der Waals surface area contributed by atoms with Crippen molar-refractivity contribution in [1.29, 1.82) is 0 Å². The highest BCUT2D eigenvalue weighted by molar-refractivity contribution is 5.90. The second-order valence-corrected chi connectivity index (χ2v) is 4.13. The molecule has 1 aliphatic rings. The van der Waals surface area contributed by atoms with Crippen molar-refractivity contribution >= 4 is 5.97 Å². The quantitative estimate of drug-likeness (QED) is 0.774. The van der Waals surface area contributed by atoms with E-state index in [1.54, 1.807) is 0 Å².